The van der Waals surface area contributed by atoms with Gasteiger partial charge in [0.15, 0.2) is 6.10 Å². The van der Waals surface area contributed by atoms with E-state index in [2.05, 4.69) is 24.3 Å². The predicted molar refractivity (Wildman–Crippen MR) is 165 cm³/mol. The van der Waals surface area contributed by atoms with Crippen molar-refractivity contribution >= 4 is 23.7 Å². The number of nitrogens with one attached hydrogen (secondary N) is 1. The summed E-state index contributed by atoms with van der Waals surface area (Å²) in [6.45, 7) is 6.43. The zero-order chi connectivity index (χ0) is 30.7. The average Bonchev–Trinajstić information content (AvgIpc) is 3.17. The molecule has 5 rings (SSSR count). The van der Waals surface area contributed by atoms with Crippen LogP contribution in [0.4, 0.5) is 15.3 Å². The Morgan fingerprint density at radius 2 is 1.60 bits per heavy atom. The highest BCUT2D eigenvalue weighted by Crippen LogP contribution is 2.27. The Morgan fingerprint density at radius 1 is 0.977 bits per heavy atom. The number of nitrogens with zero attached hydrogens (tertiary/aromatic N) is 4. The molecule has 0 radical (unpaired) electrons. The van der Waals surface area contributed by atoms with E-state index in [0.717, 1.165) is 47.2 Å². The first-order chi connectivity index (χ1) is 20.6. The van der Waals surface area contributed by atoms with Crippen molar-refractivity contribution in [3.8, 4) is 5.75 Å². The first-order valence-electron chi connectivity index (χ1n) is 15.5. The molecule has 3 aliphatic heterocycles. The SMILES string of the molecule is Cc1cc(C[C@@H](OC(=O)N2CCC(N3CCc4ccccc4NC3=O)CC2)C(=O)N2CCC(N(C)C)CC2)cc(C)c1O. The first kappa shape index (κ1) is 30.7. The number of fused-ring (bicyclic) bond motifs is 1. The number of aromatic hydroxyl groups is 1. The van der Waals surface area contributed by atoms with Crippen molar-refractivity contribution in [2.24, 2.45) is 0 Å². The van der Waals surface area contributed by atoms with Crippen molar-refractivity contribution in [1.29, 1.82) is 0 Å². The number of benzene rings is 2. The minimum Gasteiger partial charge on any atom is -0.507 e. The van der Waals surface area contributed by atoms with Gasteiger partial charge in [-0.15, -0.1) is 0 Å². The summed E-state index contributed by atoms with van der Waals surface area (Å²) in [4.78, 5) is 47.8. The molecule has 0 aliphatic carbocycles. The van der Waals surface area contributed by atoms with Crippen molar-refractivity contribution in [1.82, 2.24) is 19.6 Å². The lowest BCUT2D eigenvalue weighted by Gasteiger charge is -2.39. The van der Waals surface area contributed by atoms with E-state index in [4.69, 9.17) is 4.74 Å². The minimum atomic E-state index is -0.959. The van der Waals surface area contributed by atoms with Gasteiger partial charge < -0.3 is 34.8 Å². The molecule has 3 heterocycles. The molecule has 2 aromatic carbocycles. The number of hydrogen-bond donors (Lipinski definition) is 2. The number of piperidine rings is 2. The smallest absolute Gasteiger partial charge is 0.410 e. The van der Waals surface area contributed by atoms with E-state index in [1.54, 1.807) is 4.90 Å². The summed E-state index contributed by atoms with van der Waals surface area (Å²) in [5.74, 6) is 0.0591. The molecule has 0 unspecified atom stereocenters. The number of hydrogen-bond acceptors (Lipinski definition) is 6. The first-order valence-corrected chi connectivity index (χ1v) is 15.5. The summed E-state index contributed by atoms with van der Waals surface area (Å²) in [6, 6.07) is 11.9. The van der Waals surface area contributed by atoms with Crippen LogP contribution in [-0.4, -0.2) is 108 Å². The van der Waals surface area contributed by atoms with Gasteiger partial charge in [-0.05, 0) is 88.4 Å². The lowest BCUT2D eigenvalue weighted by Crippen LogP contribution is -2.52. The average molecular weight is 592 g/mol. The molecule has 0 aromatic heterocycles. The number of para-hydroxylation sites is 1. The fraction of sp³-hybridized carbons (Fsp3) is 0.545. The van der Waals surface area contributed by atoms with Crippen LogP contribution in [0, 0.1) is 13.8 Å². The van der Waals surface area contributed by atoms with E-state index in [0.29, 0.717) is 51.6 Å². The number of likely N-dealkylation sites (tertiary alicyclic amines) is 2. The summed E-state index contributed by atoms with van der Waals surface area (Å²) < 4.78 is 5.99. The molecule has 10 nitrogen and oxygen atoms in total. The van der Waals surface area contributed by atoms with Gasteiger partial charge in [-0.2, -0.15) is 0 Å². The van der Waals surface area contributed by atoms with E-state index in [1.165, 1.54) is 0 Å². The van der Waals surface area contributed by atoms with Crippen LogP contribution in [-0.2, 0) is 22.4 Å². The maximum atomic E-state index is 13.8. The zero-order valence-corrected chi connectivity index (χ0v) is 25.8. The van der Waals surface area contributed by atoms with Crippen molar-refractivity contribution in [2.45, 2.75) is 70.6 Å². The standard InChI is InChI=1S/C33H45N5O5/c1-22-19-24(20-23(2)30(22)39)21-29(31(40)36-14-10-26(11-15-36)35(3)4)43-33(42)37-16-12-27(13-17-37)38-18-9-25-7-5-6-8-28(25)34-32(38)41/h5-8,19-20,26-27,29,39H,9-18,21H2,1-4H3,(H,34,41)/t29-/m1/s1. The molecule has 2 fully saturated rings. The van der Waals surface area contributed by atoms with Gasteiger partial charge in [0.05, 0.1) is 0 Å². The van der Waals surface area contributed by atoms with Gasteiger partial charge in [0.1, 0.15) is 5.75 Å². The summed E-state index contributed by atoms with van der Waals surface area (Å²) in [5, 5.41) is 13.3. The molecular formula is C33H45N5O5. The van der Waals surface area contributed by atoms with Gasteiger partial charge in [-0.3, -0.25) is 4.79 Å². The summed E-state index contributed by atoms with van der Waals surface area (Å²) in [5.41, 5.74) is 4.27. The summed E-state index contributed by atoms with van der Waals surface area (Å²) >= 11 is 0. The number of rotatable bonds is 6. The summed E-state index contributed by atoms with van der Waals surface area (Å²) in [6.07, 6.45) is 2.60. The summed E-state index contributed by atoms with van der Waals surface area (Å²) in [7, 11) is 4.12. The molecule has 0 spiro atoms. The third kappa shape index (κ3) is 7.06. The highest BCUT2D eigenvalue weighted by Gasteiger charge is 2.35. The molecule has 4 amide bonds. The van der Waals surface area contributed by atoms with Gasteiger partial charge in [0, 0.05) is 56.9 Å². The molecule has 2 saturated heterocycles. The highest BCUT2D eigenvalue weighted by molar-refractivity contribution is 5.91. The Balaban J connectivity index is 1.23. The number of carbonyl (C=O) groups excluding carboxylic acids is 3. The van der Waals surface area contributed by atoms with Crippen LogP contribution in [0.2, 0.25) is 0 Å². The highest BCUT2D eigenvalue weighted by atomic mass is 16.6. The van der Waals surface area contributed by atoms with Crippen LogP contribution in [0.25, 0.3) is 0 Å². The Morgan fingerprint density at radius 3 is 2.26 bits per heavy atom. The van der Waals surface area contributed by atoms with Crippen molar-refractivity contribution < 1.29 is 24.2 Å². The van der Waals surface area contributed by atoms with E-state index in [1.807, 2.05) is 60.0 Å². The molecule has 232 valence electrons. The molecule has 10 heteroatoms. The Hall–Kier alpha value is -3.79. The predicted octanol–water partition coefficient (Wildman–Crippen LogP) is 4.16. The van der Waals surface area contributed by atoms with Gasteiger partial charge in [-0.1, -0.05) is 30.3 Å². The molecule has 0 bridgehead atoms. The number of aryl methyl sites for hydroxylation is 2. The molecule has 43 heavy (non-hydrogen) atoms. The molecule has 2 aromatic rings. The van der Waals surface area contributed by atoms with Gasteiger partial charge in [-0.25, -0.2) is 9.59 Å². The van der Waals surface area contributed by atoms with Crippen molar-refractivity contribution in [3.05, 3.63) is 58.7 Å². The number of phenols is 1. The second-order valence-corrected chi connectivity index (χ2v) is 12.4. The Bertz CT molecular complexity index is 1310. The van der Waals surface area contributed by atoms with Crippen molar-refractivity contribution in [2.75, 3.05) is 52.1 Å². The van der Waals surface area contributed by atoms with Crippen LogP contribution in [0.1, 0.15) is 47.9 Å². The monoisotopic (exact) mass is 591 g/mol. The number of phenolic OH excluding ortho intramolecular Hbond substituents is 1. The van der Waals surface area contributed by atoms with Crippen LogP contribution in [0.5, 0.6) is 5.75 Å². The number of urea groups is 1. The van der Waals surface area contributed by atoms with Gasteiger partial charge in [0.25, 0.3) is 5.91 Å². The second kappa shape index (κ2) is 13.2. The van der Waals surface area contributed by atoms with Crippen LogP contribution in [0.15, 0.2) is 36.4 Å². The fourth-order valence-electron chi connectivity index (χ4n) is 6.66. The molecule has 1 atom stereocenters. The Kier molecular flexibility index (Phi) is 9.44. The molecular weight excluding hydrogens is 546 g/mol. The third-order valence-corrected chi connectivity index (χ3v) is 9.30. The molecule has 0 saturated carbocycles. The zero-order valence-electron chi connectivity index (χ0n) is 25.8. The van der Waals surface area contributed by atoms with Crippen molar-refractivity contribution in [3.63, 3.8) is 0 Å². The number of carbonyl (C=O) groups is 3. The molecule has 3 aliphatic rings. The maximum Gasteiger partial charge on any atom is 0.410 e. The van der Waals surface area contributed by atoms with Gasteiger partial charge in [0.2, 0.25) is 0 Å². The van der Waals surface area contributed by atoms with E-state index < -0.39 is 12.2 Å². The lowest BCUT2D eigenvalue weighted by molar-refractivity contribution is -0.142. The Labute approximate surface area is 254 Å². The maximum absolute atomic E-state index is 13.8. The third-order valence-electron chi connectivity index (χ3n) is 9.30. The quantitative estimate of drug-likeness (QED) is 0.523. The van der Waals surface area contributed by atoms with Crippen LogP contribution in [0.3, 0.4) is 0 Å². The van der Waals surface area contributed by atoms with E-state index >= 15 is 0 Å². The molecule has 2 N–H and O–H groups in total. The van der Waals surface area contributed by atoms with Crippen LogP contribution < -0.4 is 5.32 Å². The minimum absolute atomic E-state index is 0.0248. The van der Waals surface area contributed by atoms with E-state index in [9.17, 15) is 19.5 Å². The number of anilines is 1. The second-order valence-electron chi connectivity index (χ2n) is 12.4. The number of amides is 4. The normalized spacial score (nSPS) is 19.1. The fourth-order valence-corrected chi connectivity index (χ4v) is 6.66. The van der Waals surface area contributed by atoms with E-state index in [-0.39, 0.29) is 30.2 Å². The number of ether oxygens (including phenoxy) is 1. The van der Waals surface area contributed by atoms with Crippen LogP contribution >= 0.6 is 0 Å². The topological polar surface area (TPSA) is 106 Å². The largest absolute Gasteiger partial charge is 0.507 e. The lowest BCUT2D eigenvalue weighted by atomic mass is 9.99. The van der Waals surface area contributed by atoms with Gasteiger partial charge >= 0.3 is 12.1 Å².